The number of nitrogens with one attached hydrogen (secondary N) is 6. The number of carbonyl (C=O) groups is 7. The summed E-state index contributed by atoms with van der Waals surface area (Å²) in [6.45, 7) is 20.5. The minimum atomic E-state index is -1.11. The van der Waals surface area contributed by atoms with E-state index in [4.69, 9.17) is 9.47 Å². The van der Waals surface area contributed by atoms with Gasteiger partial charge in [-0.2, -0.15) is 5.06 Å². The van der Waals surface area contributed by atoms with Crippen molar-refractivity contribution < 1.29 is 48.2 Å². The number of piperidine rings is 1. The Morgan fingerprint density at radius 3 is 1.90 bits per heavy atom. The highest BCUT2D eigenvalue weighted by Crippen LogP contribution is 2.36. The van der Waals surface area contributed by atoms with E-state index >= 15 is 0 Å². The molecule has 2 aromatic carbocycles. The molecule has 0 radical (unpaired) electrons. The Labute approximate surface area is 414 Å². The van der Waals surface area contributed by atoms with Crippen LogP contribution in [0.3, 0.4) is 0 Å². The molecule has 4 rings (SSSR count). The number of hydrogen-bond donors (Lipinski definition) is 7. The second-order valence-electron chi connectivity index (χ2n) is 21.7. The molecule has 2 aliphatic heterocycles. The van der Waals surface area contributed by atoms with Gasteiger partial charge in [-0.25, -0.2) is 9.59 Å². The van der Waals surface area contributed by atoms with Gasteiger partial charge in [0.15, 0.2) is 0 Å². The van der Waals surface area contributed by atoms with Gasteiger partial charge in [0.1, 0.15) is 42.4 Å². The first-order valence-corrected chi connectivity index (χ1v) is 24.8. The molecular weight excluding hydrogens is 897 g/mol. The van der Waals surface area contributed by atoms with Crippen LogP contribution < -0.4 is 31.9 Å². The number of likely N-dealkylation sites (tertiary alicyclic amines) is 1. The van der Waals surface area contributed by atoms with Gasteiger partial charge in [0, 0.05) is 36.6 Å². The van der Waals surface area contributed by atoms with E-state index in [1.165, 1.54) is 9.96 Å². The molecule has 7 N–H and O–H groups in total. The summed E-state index contributed by atoms with van der Waals surface area (Å²) < 4.78 is 10.8. The third kappa shape index (κ3) is 17.6. The summed E-state index contributed by atoms with van der Waals surface area (Å²) in [7, 11) is 0. The second kappa shape index (κ2) is 25.4. The normalized spacial score (nSPS) is 18.7. The topological polar surface area (TPSA) is 237 Å². The van der Waals surface area contributed by atoms with Crippen LogP contribution in [-0.4, -0.2) is 123 Å². The number of benzene rings is 2. The second-order valence-corrected chi connectivity index (χ2v) is 21.7. The predicted octanol–water partition coefficient (Wildman–Crippen LogP) is 5.50. The molecule has 0 aliphatic carbocycles. The van der Waals surface area contributed by atoms with Crippen LogP contribution in [0.2, 0.25) is 0 Å². The lowest BCUT2D eigenvalue weighted by atomic mass is 9.79. The molecule has 388 valence electrons. The molecule has 18 nitrogen and oxygen atoms in total. The maximum Gasteiger partial charge on any atom is 0.408 e. The molecule has 5 atom stereocenters. The lowest BCUT2D eigenvalue weighted by Crippen LogP contribution is -2.64. The number of hydrogen-bond acceptors (Lipinski definition) is 11. The number of nitrogens with zero attached hydrogens (tertiary/aromatic N) is 2. The van der Waals surface area contributed by atoms with Crippen molar-refractivity contribution in [3.05, 3.63) is 71.8 Å². The van der Waals surface area contributed by atoms with E-state index in [1.807, 2.05) is 102 Å². The van der Waals surface area contributed by atoms with E-state index in [2.05, 4.69) is 31.9 Å². The van der Waals surface area contributed by atoms with Gasteiger partial charge in [-0.1, -0.05) is 88.4 Å². The van der Waals surface area contributed by atoms with Crippen molar-refractivity contribution in [2.75, 3.05) is 13.1 Å². The van der Waals surface area contributed by atoms with E-state index in [0.29, 0.717) is 32.1 Å². The van der Waals surface area contributed by atoms with Crippen LogP contribution in [-0.2, 0) is 46.5 Å². The van der Waals surface area contributed by atoms with Gasteiger partial charge >= 0.3 is 12.2 Å². The fourth-order valence-corrected chi connectivity index (χ4v) is 9.24. The third-order valence-corrected chi connectivity index (χ3v) is 12.5. The largest absolute Gasteiger partial charge is 0.445 e. The third-order valence-electron chi connectivity index (χ3n) is 12.5. The molecule has 0 spiro atoms. The molecule has 2 heterocycles. The molecule has 70 heavy (non-hydrogen) atoms. The van der Waals surface area contributed by atoms with Gasteiger partial charge in [-0.3, -0.25) is 24.0 Å². The van der Waals surface area contributed by atoms with Gasteiger partial charge in [0.05, 0.1) is 0 Å². The summed E-state index contributed by atoms with van der Waals surface area (Å²) in [6.07, 6.45) is 1.07. The highest BCUT2D eigenvalue weighted by molar-refractivity contribution is 5.96. The quantitative estimate of drug-likeness (QED) is 0.0771. The van der Waals surface area contributed by atoms with Crippen molar-refractivity contribution in [1.82, 2.24) is 41.9 Å². The first kappa shape index (κ1) is 56.8. The van der Waals surface area contributed by atoms with Crippen molar-refractivity contribution >= 4 is 41.7 Å². The number of amides is 7. The Morgan fingerprint density at radius 1 is 0.743 bits per heavy atom. The van der Waals surface area contributed by atoms with Crippen molar-refractivity contribution in [3.8, 4) is 0 Å². The fraction of sp³-hybridized carbons (Fsp3) is 0.635. The Bertz CT molecular complexity index is 2060. The number of ether oxygens (including phenoxy) is 2. The van der Waals surface area contributed by atoms with E-state index in [-0.39, 0.29) is 50.9 Å². The zero-order chi connectivity index (χ0) is 52.0. The first-order valence-electron chi connectivity index (χ1n) is 24.8. The van der Waals surface area contributed by atoms with Crippen molar-refractivity contribution in [2.24, 2.45) is 11.8 Å². The maximum atomic E-state index is 14.6. The van der Waals surface area contributed by atoms with E-state index in [1.54, 1.807) is 34.6 Å². The van der Waals surface area contributed by atoms with Crippen LogP contribution >= 0.6 is 0 Å². The highest BCUT2D eigenvalue weighted by Gasteiger charge is 2.46. The lowest BCUT2D eigenvalue weighted by Gasteiger charge is -2.51. The monoisotopic (exact) mass is 977 g/mol. The summed E-state index contributed by atoms with van der Waals surface area (Å²) in [5.74, 6) is -3.14. The Morgan fingerprint density at radius 2 is 1.33 bits per heavy atom. The summed E-state index contributed by atoms with van der Waals surface area (Å²) in [5, 5.41) is 29.3. The van der Waals surface area contributed by atoms with Crippen LogP contribution in [0.4, 0.5) is 9.59 Å². The Kier molecular flexibility index (Phi) is 20.6. The van der Waals surface area contributed by atoms with Gasteiger partial charge < -0.3 is 51.5 Å². The highest BCUT2D eigenvalue weighted by atomic mass is 16.6. The smallest absolute Gasteiger partial charge is 0.408 e. The average molecular weight is 977 g/mol. The van der Waals surface area contributed by atoms with Gasteiger partial charge in [0.2, 0.25) is 29.5 Å². The molecule has 2 fully saturated rings. The molecule has 2 saturated heterocycles. The zero-order valence-electron chi connectivity index (χ0n) is 43.2. The molecule has 0 aromatic heterocycles. The molecule has 0 unspecified atom stereocenters. The van der Waals surface area contributed by atoms with Gasteiger partial charge in [0.25, 0.3) is 0 Å². The molecule has 2 aromatic rings. The van der Waals surface area contributed by atoms with Crippen molar-refractivity contribution in [2.45, 2.75) is 187 Å². The van der Waals surface area contributed by atoms with Crippen LogP contribution in [0.25, 0.3) is 0 Å². The number of hydroxylamine groups is 2. The van der Waals surface area contributed by atoms with Gasteiger partial charge in [-0.05, 0) is 116 Å². The summed E-state index contributed by atoms with van der Waals surface area (Å²) in [5.41, 5.74) is -0.533. The van der Waals surface area contributed by atoms with E-state index in [9.17, 15) is 38.8 Å². The van der Waals surface area contributed by atoms with Crippen LogP contribution in [0.15, 0.2) is 60.7 Å². The minimum Gasteiger partial charge on any atom is -0.445 e. The Balaban J connectivity index is 1.50. The fourth-order valence-electron chi connectivity index (χ4n) is 9.24. The number of alkyl carbamates (subject to hydrolysis) is 2. The molecule has 7 amide bonds. The average Bonchev–Trinajstić information content (AvgIpc) is 3.77. The van der Waals surface area contributed by atoms with Crippen LogP contribution in [0, 0.1) is 11.8 Å². The Hall–Kier alpha value is -5.75. The summed E-state index contributed by atoms with van der Waals surface area (Å²) in [4.78, 5) is 98.1. The maximum absolute atomic E-state index is 14.6. The summed E-state index contributed by atoms with van der Waals surface area (Å²) >= 11 is 0. The van der Waals surface area contributed by atoms with Crippen molar-refractivity contribution in [3.63, 3.8) is 0 Å². The minimum absolute atomic E-state index is 0.000370. The van der Waals surface area contributed by atoms with E-state index < -0.39 is 94.5 Å². The first-order chi connectivity index (χ1) is 32.8. The standard InChI is InChI=1S/C52H80N8O10/c1-33(2)28-39(57-49(67)70-50(5,6)7)44(62)56-40(29-35-20-14-12-15-21-35)47(65)59-27-19-25-41(59)45(63)58-42(34(3)4)46(64)55-38(24-18-26-53-48(66)69-32-36-22-16-13-17-23-36)43(61)54-37-30-51(8,9)60(68)52(10,11)31-37/h12-17,20-23,33-34,37-42,68H,18-19,24-32H2,1-11H3,(H,53,66)(H,54,61)(H,55,64)(H,56,62)(H,57,67)(H,58,63)/t38-,39+,40-,41-,42+/m1/s1. The number of carbonyl (C=O) groups excluding carboxylic acids is 7. The summed E-state index contributed by atoms with van der Waals surface area (Å²) in [6, 6.07) is 12.8. The molecule has 18 heteroatoms. The number of rotatable bonds is 21. The van der Waals surface area contributed by atoms with Crippen LogP contribution in [0.1, 0.15) is 132 Å². The molecular formula is C52H80N8O10. The van der Waals surface area contributed by atoms with E-state index in [0.717, 1.165) is 11.1 Å². The molecule has 0 saturated carbocycles. The molecule has 2 aliphatic rings. The van der Waals surface area contributed by atoms with Gasteiger partial charge in [-0.15, -0.1) is 0 Å². The predicted molar refractivity (Wildman–Crippen MR) is 265 cm³/mol. The van der Waals surface area contributed by atoms with Crippen molar-refractivity contribution in [1.29, 1.82) is 0 Å². The lowest BCUT2D eigenvalue weighted by molar-refractivity contribution is -0.246. The molecule has 0 bridgehead atoms. The van der Waals surface area contributed by atoms with Crippen LogP contribution in [0.5, 0.6) is 0 Å². The zero-order valence-corrected chi connectivity index (χ0v) is 43.2. The SMILES string of the molecule is CC(C)C[C@H](NC(=O)OC(C)(C)C)C(=O)N[C@H](Cc1ccccc1)C(=O)N1CCC[C@@H]1C(=O)N[C@H](C(=O)N[C@H](CCCNC(=O)OCc1ccccc1)C(=O)NC1CC(C)(C)N(O)C(C)(C)C1)C(C)C.